The smallest absolute Gasteiger partial charge is 0.415 e. The molecule has 1 aromatic carbocycles. The van der Waals surface area contributed by atoms with Gasteiger partial charge in [0.25, 0.3) is 0 Å². The van der Waals surface area contributed by atoms with Gasteiger partial charge in [-0.15, -0.1) is 0 Å². The van der Waals surface area contributed by atoms with Crippen LogP contribution in [-0.4, -0.2) is 57.8 Å². The molecule has 1 saturated heterocycles. The number of morpholine rings is 1. The molecule has 1 fully saturated rings. The molecule has 0 unspecified atom stereocenters. The molecule has 7 heteroatoms. The van der Waals surface area contributed by atoms with E-state index in [2.05, 4.69) is 0 Å². The van der Waals surface area contributed by atoms with E-state index in [4.69, 9.17) is 18.9 Å². The van der Waals surface area contributed by atoms with Gasteiger partial charge in [0, 0.05) is 18.7 Å². The maximum atomic E-state index is 12.1. The molecule has 1 aliphatic rings. The number of aldehydes is 1. The van der Waals surface area contributed by atoms with Crippen LogP contribution < -0.4 is 14.2 Å². The minimum Gasteiger partial charge on any atom is -0.493 e. The summed E-state index contributed by atoms with van der Waals surface area (Å²) in [5.41, 5.74) is 0.370. The third-order valence-electron chi connectivity index (χ3n) is 3.08. The summed E-state index contributed by atoms with van der Waals surface area (Å²) in [6, 6.07) is 2.97. The van der Waals surface area contributed by atoms with Crippen molar-refractivity contribution < 1.29 is 28.5 Å². The second-order valence-electron chi connectivity index (χ2n) is 4.34. The highest BCUT2D eigenvalue weighted by atomic mass is 16.6. The summed E-state index contributed by atoms with van der Waals surface area (Å²) in [6.45, 7) is 1.90. The Morgan fingerprint density at radius 3 is 2.24 bits per heavy atom. The fraction of sp³-hybridized carbons (Fsp3) is 0.429. The van der Waals surface area contributed by atoms with Gasteiger partial charge in [-0.3, -0.25) is 4.79 Å². The summed E-state index contributed by atoms with van der Waals surface area (Å²) in [5, 5.41) is 0. The van der Waals surface area contributed by atoms with E-state index in [1.165, 1.54) is 31.3 Å². The molecule has 114 valence electrons. The number of hydrogen-bond acceptors (Lipinski definition) is 6. The summed E-state index contributed by atoms with van der Waals surface area (Å²) in [7, 11) is 2.85. The van der Waals surface area contributed by atoms with Gasteiger partial charge >= 0.3 is 6.09 Å². The van der Waals surface area contributed by atoms with Gasteiger partial charge in [-0.05, 0) is 12.1 Å². The Balaban J connectivity index is 2.24. The lowest BCUT2D eigenvalue weighted by Crippen LogP contribution is -2.42. The number of carbonyl (C=O) groups excluding carboxylic acids is 2. The molecule has 0 radical (unpaired) electrons. The Morgan fingerprint density at radius 2 is 1.76 bits per heavy atom. The molecule has 0 N–H and O–H groups in total. The summed E-state index contributed by atoms with van der Waals surface area (Å²) < 4.78 is 20.9. The zero-order valence-electron chi connectivity index (χ0n) is 12.0. The van der Waals surface area contributed by atoms with Crippen LogP contribution in [0.2, 0.25) is 0 Å². The van der Waals surface area contributed by atoms with Crippen molar-refractivity contribution in [3.63, 3.8) is 0 Å². The Hall–Kier alpha value is -2.28. The number of carbonyl (C=O) groups is 2. The minimum absolute atomic E-state index is 0.155. The second kappa shape index (κ2) is 6.94. The van der Waals surface area contributed by atoms with Crippen molar-refractivity contribution >= 4 is 12.4 Å². The van der Waals surface area contributed by atoms with Gasteiger partial charge in [0.2, 0.25) is 5.75 Å². The third-order valence-corrected chi connectivity index (χ3v) is 3.08. The largest absolute Gasteiger partial charge is 0.493 e. The average molecular weight is 295 g/mol. The first-order valence-electron chi connectivity index (χ1n) is 6.45. The van der Waals surface area contributed by atoms with Crippen molar-refractivity contribution in [3.8, 4) is 17.2 Å². The molecule has 0 saturated carbocycles. The lowest BCUT2D eigenvalue weighted by atomic mass is 10.2. The topological polar surface area (TPSA) is 74.3 Å². The van der Waals surface area contributed by atoms with Gasteiger partial charge in [0.05, 0.1) is 27.4 Å². The minimum atomic E-state index is -0.506. The van der Waals surface area contributed by atoms with Crippen molar-refractivity contribution in [1.82, 2.24) is 4.90 Å². The van der Waals surface area contributed by atoms with Gasteiger partial charge in [0.15, 0.2) is 11.5 Å². The first-order chi connectivity index (χ1) is 10.2. The van der Waals surface area contributed by atoms with Crippen LogP contribution in [0.5, 0.6) is 17.2 Å². The van der Waals surface area contributed by atoms with Crippen LogP contribution in [0, 0.1) is 0 Å². The summed E-state index contributed by atoms with van der Waals surface area (Å²) in [4.78, 5) is 24.5. The molecule has 2 rings (SSSR count). The lowest BCUT2D eigenvalue weighted by molar-refractivity contribution is 0.0411. The first kappa shape index (κ1) is 15.1. The molecule has 0 aromatic heterocycles. The standard InChI is InChI=1S/C14H17NO6/c1-18-11-7-10(9-16)8-12(19-2)13(11)21-14(17)15-3-5-20-6-4-15/h7-9H,3-6H2,1-2H3. The van der Waals surface area contributed by atoms with Crippen LogP contribution in [-0.2, 0) is 4.74 Å². The average Bonchev–Trinajstić information content (AvgIpc) is 2.55. The summed E-state index contributed by atoms with van der Waals surface area (Å²) in [6.07, 6.45) is 0.160. The number of ether oxygens (including phenoxy) is 4. The molecule has 0 aliphatic carbocycles. The van der Waals surface area contributed by atoms with E-state index in [1.54, 1.807) is 0 Å². The van der Waals surface area contributed by atoms with Crippen molar-refractivity contribution in [1.29, 1.82) is 0 Å². The van der Waals surface area contributed by atoms with E-state index in [0.717, 1.165) is 0 Å². The highest BCUT2D eigenvalue weighted by Gasteiger charge is 2.23. The van der Waals surface area contributed by atoms with Gasteiger partial charge < -0.3 is 23.8 Å². The molecule has 21 heavy (non-hydrogen) atoms. The van der Waals surface area contributed by atoms with Crippen LogP contribution in [0.15, 0.2) is 12.1 Å². The normalized spacial score (nSPS) is 14.5. The maximum Gasteiger partial charge on any atom is 0.415 e. The molecule has 0 spiro atoms. The Bertz CT molecular complexity index is 499. The molecule has 1 aliphatic heterocycles. The van der Waals surface area contributed by atoms with E-state index in [1.807, 2.05) is 0 Å². The zero-order valence-corrected chi connectivity index (χ0v) is 12.0. The quantitative estimate of drug-likeness (QED) is 0.781. The van der Waals surface area contributed by atoms with Crippen molar-refractivity contribution in [2.75, 3.05) is 40.5 Å². The van der Waals surface area contributed by atoms with E-state index in [9.17, 15) is 9.59 Å². The fourth-order valence-corrected chi connectivity index (χ4v) is 1.97. The number of amides is 1. The Kier molecular flexibility index (Phi) is 4.99. The molecular weight excluding hydrogens is 278 g/mol. The first-order valence-corrected chi connectivity index (χ1v) is 6.45. The number of hydrogen-bond donors (Lipinski definition) is 0. The summed E-state index contributed by atoms with van der Waals surface area (Å²) >= 11 is 0. The zero-order chi connectivity index (χ0) is 15.2. The fourth-order valence-electron chi connectivity index (χ4n) is 1.97. The highest BCUT2D eigenvalue weighted by molar-refractivity contribution is 5.80. The van der Waals surface area contributed by atoms with Crippen molar-refractivity contribution in [2.45, 2.75) is 0 Å². The third kappa shape index (κ3) is 3.43. The molecule has 1 amide bonds. The van der Waals surface area contributed by atoms with E-state index in [0.29, 0.717) is 38.2 Å². The molecule has 0 atom stereocenters. The van der Waals surface area contributed by atoms with E-state index >= 15 is 0 Å². The Morgan fingerprint density at radius 1 is 1.19 bits per heavy atom. The van der Waals surface area contributed by atoms with Gasteiger partial charge in [-0.2, -0.15) is 0 Å². The SMILES string of the molecule is COc1cc(C=O)cc(OC)c1OC(=O)N1CCOCC1. The van der Waals surface area contributed by atoms with Crippen LogP contribution in [0.4, 0.5) is 4.79 Å². The van der Waals surface area contributed by atoms with Gasteiger partial charge in [-0.25, -0.2) is 4.79 Å². The molecule has 7 nitrogen and oxygen atoms in total. The van der Waals surface area contributed by atoms with Crippen LogP contribution in [0.3, 0.4) is 0 Å². The second-order valence-corrected chi connectivity index (χ2v) is 4.34. The van der Waals surface area contributed by atoms with Gasteiger partial charge in [-0.1, -0.05) is 0 Å². The van der Waals surface area contributed by atoms with E-state index in [-0.39, 0.29) is 17.2 Å². The van der Waals surface area contributed by atoms with Crippen LogP contribution in [0.1, 0.15) is 10.4 Å². The summed E-state index contributed by atoms with van der Waals surface area (Å²) in [5.74, 6) is 0.679. The highest BCUT2D eigenvalue weighted by Crippen LogP contribution is 2.38. The number of benzene rings is 1. The van der Waals surface area contributed by atoms with Crippen molar-refractivity contribution in [3.05, 3.63) is 17.7 Å². The number of methoxy groups -OCH3 is 2. The van der Waals surface area contributed by atoms with Gasteiger partial charge in [0.1, 0.15) is 6.29 Å². The Labute approximate surface area is 122 Å². The van der Waals surface area contributed by atoms with E-state index < -0.39 is 6.09 Å². The molecule has 0 bridgehead atoms. The maximum absolute atomic E-state index is 12.1. The lowest BCUT2D eigenvalue weighted by Gasteiger charge is -2.26. The predicted molar refractivity (Wildman–Crippen MR) is 73.3 cm³/mol. The number of rotatable bonds is 4. The van der Waals surface area contributed by atoms with Crippen LogP contribution >= 0.6 is 0 Å². The van der Waals surface area contributed by atoms with Crippen molar-refractivity contribution in [2.24, 2.45) is 0 Å². The molecular formula is C14H17NO6. The molecule has 1 aromatic rings. The number of nitrogens with zero attached hydrogens (tertiary/aromatic N) is 1. The predicted octanol–water partition coefficient (Wildman–Crippen LogP) is 1.35. The van der Waals surface area contributed by atoms with Crippen LogP contribution in [0.25, 0.3) is 0 Å². The monoisotopic (exact) mass is 295 g/mol. The molecule has 1 heterocycles.